The lowest BCUT2D eigenvalue weighted by atomic mass is 10.1. The van der Waals surface area contributed by atoms with E-state index in [1.807, 2.05) is 0 Å². The third-order valence-corrected chi connectivity index (χ3v) is 7.55. The van der Waals surface area contributed by atoms with Crippen molar-refractivity contribution in [2.24, 2.45) is 0 Å². The van der Waals surface area contributed by atoms with Crippen molar-refractivity contribution in [1.29, 1.82) is 0 Å². The highest BCUT2D eigenvalue weighted by atomic mass is 16.6. The van der Waals surface area contributed by atoms with Crippen LogP contribution in [0.1, 0.15) is 97.3 Å². The molecule has 0 saturated carbocycles. The summed E-state index contributed by atoms with van der Waals surface area (Å²) in [4.78, 5) is 23.3. The van der Waals surface area contributed by atoms with Crippen molar-refractivity contribution in [2.45, 2.75) is 97.3 Å². The molecule has 0 aliphatic rings. The van der Waals surface area contributed by atoms with Gasteiger partial charge in [0.15, 0.2) is 0 Å². The Hall–Kier alpha value is -1.46. The molecule has 0 bridgehead atoms. The van der Waals surface area contributed by atoms with E-state index < -0.39 is 0 Å². The third kappa shape index (κ3) is 46.6. The lowest BCUT2D eigenvalue weighted by Crippen LogP contribution is -2.16. The predicted octanol–water partition coefficient (Wildman–Crippen LogP) is 5.35. The van der Waals surface area contributed by atoms with E-state index >= 15 is 0 Å². The summed E-state index contributed by atoms with van der Waals surface area (Å²) >= 11 is 0. The molecule has 0 fully saturated rings. The van der Waals surface area contributed by atoms with Gasteiger partial charge in [-0.1, -0.05) is 71.6 Å². The van der Waals surface area contributed by atoms with Gasteiger partial charge in [-0.2, -0.15) is 0 Å². The molecule has 0 saturated heterocycles. The van der Waals surface area contributed by atoms with Gasteiger partial charge in [-0.05, 0) is 12.8 Å². The maximum atomic E-state index is 11.7. The highest BCUT2D eigenvalue weighted by molar-refractivity contribution is 5.69. The molecule has 0 unspecified atom stereocenters. The molecule has 0 aliphatic carbocycles. The highest BCUT2D eigenvalue weighted by Gasteiger charge is 2.04. The van der Waals surface area contributed by atoms with Gasteiger partial charge >= 0.3 is 11.9 Å². The van der Waals surface area contributed by atoms with Crippen LogP contribution in [0, 0.1) is 0 Å². The van der Waals surface area contributed by atoms with E-state index in [1.54, 1.807) is 0 Å². The van der Waals surface area contributed by atoms with Gasteiger partial charge < -0.3 is 56.8 Å². The minimum atomic E-state index is -0.150. The SMILES string of the molecule is CCCCCCCCC(=O)OCCOCCOCCOCCOCCOCCOCCOCCOCCOCCOCCOC(=O)CCCCCCC. The predicted molar refractivity (Wildman–Crippen MR) is 201 cm³/mol. The molecule has 14 heteroatoms. The summed E-state index contributed by atoms with van der Waals surface area (Å²) in [6.07, 6.45) is 13.5. The van der Waals surface area contributed by atoms with Crippen LogP contribution in [-0.2, 0) is 66.4 Å². The van der Waals surface area contributed by atoms with Crippen molar-refractivity contribution >= 4 is 11.9 Å². The van der Waals surface area contributed by atoms with Crippen molar-refractivity contribution in [3.05, 3.63) is 0 Å². The van der Waals surface area contributed by atoms with E-state index in [0.29, 0.717) is 145 Å². The van der Waals surface area contributed by atoms with Crippen LogP contribution >= 0.6 is 0 Å². The summed E-state index contributed by atoms with van der Waals surface area (Å²) in [6.45, 7) is 14.4. The van der Waals surface area contributed by atoms with E-state index in [2.05, 4.69) is 13.8 Å². The van der Waals surface area contributed by atoms with Crippen molar-refractivity contribution in [3.8, 4) is 0 Å². The second kappa shape index (κ2) is 46.7. The molecule has 0 rings (SSSR count). The van der Waals surface area contributed by atoms with Crippen LogP contribution in [-0.4, -0.2) is 157 Å². The minimum absolute atomic E-state index is 0.146. The van der Waals surface area contributed by atoms with Crippen LogP contribution in [0.2, 0.25) is 0 Å². The summed E-state index contributed by atoms with van der Waals surface area (Å²) in [6, 6.07) is 0. The third-order valence-electron chi connectivity index (χ3n) is 7.55. The number of hydrogen-bond donors (Lipinski definition) is 0. The zero-order valence-corrected chi connectivity index (χ0v) is 33.5. The number of ether oxygens (including phenoxy) is 12. The summed E-state index contributed by atoms with van der Waals surface area (Å²) in [5.41, 5.74) is 0. The molecule has 0 aromatic carbocycles. The lowest BCUT2D eigenvalue weighted by molar-refractivity contribution is -0.146. The Balaban J connectivity index is 3.13. The fraction of sp³-hybridized carbons (Fsp3) is 0.949. The molecule has 0 spiro atoms. The zero-order chi connectivity index (χ0) is 38.4. The number of rotatable bonds is 46. The van der Waals surface area contributed by atoms with E-state index in [4.69, 9.17) is 56.8 Å². The first-order valence-corrected chi connectivity index (χ1v) is 20.3. The summed E-state index contributed by atoms with van der Waals surface area (Å²) < 4.78 is 65.0. The quantitative estimate of drug-likeness (QED) is 0.0580. The first-order chi connectivity index (χ1) is 26.2. The second-order valence-electron chi connectivity index (χ2n) is 12.2. The van der Waals surface area contributed by atoms with E-state index in [0.717, 1.165) is 25.7 Å². The van der Waals surface area contributed by atoms with Gasteiger partial charge in [0.2, 0.25) is 0 Å². The zero-order valence-electron chi connectivity index (χ0n) is 33.5. The molecule has 53 heavy (non-hydrogen) atoms. The maximum Gasteiger partial charge on any atom is 0.305 e. The van der Waals surface area contributed by atoms with Gasteiger partial charge in [0.25, 0.3) is 0 Å². The number of carbonyl (C=O) groups excluding carboxylic acids is 2. The highest BCUT2D eigenvalue weighted by Crippen LogP contribution is 2.08. The monoisotopic (exact) mass is 769 g/mol. The van der Waals surface area contributed by atoms with Crippen LogP contribution in [0.5, 0.6) is 0 Å². The first-order valence-electron chi connectivity index (χ1n) is 20.3. The molecule has 0 amide bonds. The number of hydrogen-bond acceptors (Lipinski definition) is 14. The fourth-order valence-electron chi connectivity index (χ4n) is 4.58. The van der Waals surface area contributed by atoms with Crippen LogP contribution in [0.25, 0.3) is 0 Å². The molecule has 0 aromatic heterocycles. The molecular formula is C39H76O14. The van der Waals surface area contributed by atoms with Crippen LogP contribution in [0.3, 0.4) is 0 Å². The average molecular weight is 769 g/mol. The molecule has 14 nitrogen and oxygen atoms in total. The summed E-state index contributed by atoms with van der Waals surface area (Å²) in [5.74, 6) is -0.296. The molecule has 0 atom stereocenters. The van der Waals surface area contributed by atoms with Gasteiger partial charge in [-0.25, -0.2) is 0 Å². The maximum absolute atomic E-state index is 11.7. The topological polar surface area (TPSA) is 145 Å². The Morgan fingerprint density at radius 2 is 0.453 bits per heavy atom. The smallest absolute Gasteiger partial charge is 0.305 e. The summed E-state index contributed by atoms with van der Waals surface area (Å²) in [5, 5.41) is 0. The first kappa shape index (κ1) is 51.5. The fourth-order valence-corrected chi connectivity index (χ4v) is 4.58. The molecule has 316 valence electrons. The number of carbonyl (C=O) groups is 2. The standard InChI is InChI=1S/C39H76O14/c1-3-5-7-9-11-13-15-39(41)53-37-35-51-33-31-49-29-27-47-25-23-45-21-19-43-17-16-42-18-20-44-22-24-46-26-28-48-30-32-50-34-36-52-38(40)14-12-10-8-6-4-2/h3-37H2,1-2H3. The molecule has 0 heterocycles. The van der Waals surface area contributed by atoms with Crippen LogP contribution in [0.4, 0.5) is 0 Å². The molecule has 0 aliphatic heterocycles. The second-order valence-corrected chi connectivity index (χ2v) is 12.2. The van der Waals surface area contributed by atoms with E-state index in [9.17, 15) is 9.59 Å². The normalized spacial score (nSPS) is 11.4. The molecule has 0 radical (unpaired) electrons. The van der Waals surface area contributed by atoms with Gasteiger partial charge in [0.05, 0.1) is 132 Å². The Labute approximate surface area is 320 Å². The Bertz CT molecular complexity index is 730. The van der Waals surface area contributed by atoms with E-state index in [1.165, 1.54) is 44.9 Å². The van der Waals surface area contributed by atoms with Gasteiger partial charge in [-0.3, -0.25) is 9.59 Å². The van der Waals surface area contributed by atoms with Crippen molar-refractivity contribution in [3.63, 3.8) is 0 Å². The van der Waals surface area contributed by atoms with Gasteiger partial charge in [0, 0.05) is 12.8 Å². The van der Waals surface area contributed by atoms with Crippen LogP contribution < -0.4 is 0 Å². The van der Waals surface area contributed by atoms with Gasteiger partial charge in [-0.15, -0.1) is 0 Å². The van der Waals surface area contributed by atoms with Crippen LogP contribution in [0.15, 0.2) is 0 Å². The van der Waals surface area contributed by atoms with Crippen molar-refractivity contribution in [1.82, 2.24) is 0 Å². The van der Waals surface area contributed by atoms with Gasteiger partial charge in [0.1, 0.15) is 13.2 Å². The Kier molecular flexibility index (Phi) is 45.4. The lowest BCUT2D eigenvalue weighted by Gasteiger charge is -2.09. The van der Waals surface area contributed by atoms with Crippen molar-refractivity contribution in [2.75, 3.05) is 145 Å². The Morgan fingerprint density at radius 1 is 0.264 bits per heavy atom. The summed E-state index contributed by atoms with van der Waals surface area (Å²) in [7, 11) is 0. The molecule has 0 N–H and O–H groups in total. The Morgan fingerprint density at radius 3 is 0.679 bits per heavy atom. The van der Waals surface area contributed by atoms with E-state index in [-0.39, 0.29) is 25.2 Å². The minimum Gasteiger partial charge on any atom is -0.463 e. The molecular weight excluding hydrogens is 692 g/mol. The number of unbranched alkanes of at least 4 members (excludes halogenated alkanes) is 9. The molecule has 0 aromatic rings. The van der Waals surface area contributed by atoms with Crippen molar-refractivity contribution < 1.29 is 66.4 Å². The number of esters is 2. The largest absolute Gasteiger partial charge is 0.463 e. The average Bonchev–Trinajstić information content (AvgIpc) is 3.16.